The molecule has 0 atom stereocenters. The molecule has 0 saturated heterocycles. The molecule has 2 N–H and O–H groups in total. The normalized spacial score (nSPS) is 10.4. The predicted octanol–water partition coefficient (Wildman–Crippen LogP) is 3.75. The maximum Gasteiger partial charge on any atom is 0.342 e. The first kappa shape index (κ1) is 15.3. The highest BCUT2D eigenvalue weighted by Crippen LogP contribution is 2.44. The number of ether oxygens (including phenoxy) is 1. The topological polar surface area (TPSA) is 66.8 Å². The lowest BCUT2D eigenvalue weighted by Crippen LogP contribution is -2.10. The van der Waals surface area contributed by atoms with E-state index >= 15 is 0 Å². The molecule has 0 saturated carbocycles. The summed E-state index contributed by atoms with van der Waals surface area (Å²) in [7, 11) is 0. The second-order valence-electron chi connectivity index (χ2n) is 3.67. The summed E-state index contributed by atoms with van der Waals surface area (Å²) < 4.78 is 5.49. The molecule has 0 aliphatic carbocycles. The fourth-order valence-corrected chi connectivity index (χ4v) is 2.87. The molecule has 0 bridgehead atoms. The van der Waals surface area contributed by atoms with Gasteiger partial charge in [0.2, 0.25) is 0 Å². The van der Waals surface area contributed by atoms with E-state index in [2.05, 4.69) is 31.9 Å². The van der Waals surface area contributed by atoms with E-state index in [4.69, 9.17) is 4.74 Å². The number of phenols is 2. The molecule has 1 rings (SSSR count). The molecule has 0 aromatic heterocycles. The Morgan fingerprint density at radius 2 is 1.78 bits per heavy atom. The van der Waals surface area contributed by atoms with E-state index in [-0.39, 0.29) is 28.1 Å². The zero-order chi connectivity index (χ0) is 13.9. The molecule has 0 aliphatic rings. The van der Waals surface area contributed by atoms with Crippen LogP contribution < -0.4 is 0 Å². The van der Waals surface area contributed by atoms with Crippen LogP contribution in [0.4, 0.5) is 0 Å². The Balaban J connectivity index is 3.37. The van der Waals surface area contributed by atoms with Crippen molar-refractivity contribution in [2.75, 3.05) is 6.61 Å². The Hall–Kier alpha value is -0.750. The molecule has 0 heterocycles. The van der Waals surface area contributed by atoms with Gasteiger partial charge in [-0.15, -0.1) is 0 Å². The molecule has 18 heavy (non-hydrogen) atoms. The van der Waals surface area contributed by atoms with Gasteiger partial charge in [0.1, 0.15) is 21.5 Å². The minimum absolute atomic E-state index is 0.0787. The summed E-state index contributed by atoms with van der Waals surface area (Å²) in [6, 6.07) is 0. The predicted molar refractivity (Wildman–Crippen MR) is 75.1 cm³/mol. The van der Waals surface area contributed by atoms with E-state index in [1.165, 1.54) is 0 Å². The van der Waals surface area contributed by atoms with Crippen molar-refractivity contribution in [1.82, 2.24) is 0 Å². The number of hydrogen-bond donors (Lipinski definition) is 2. The van der Waals surface area contributed by atoms with Crippen molar-refractivity contribution in [1.29, 1.82) is 0 Å². The number of phenolic OH excluding ortho intramolecular Hbond substituents is 2. The molecule has 0 amide bonds. The van der Waals surface area contributed by atoms with Crippen LogP contribution >= 0.6 is 31.9 Å². The third-order valence-electron chi connectivity index (χ3n) is 2.42. The van der Waals surface area contributed by atoms with Crippen molar-refractivity contribution in [3.05, 3.63) is 20.1 Å². The summed E-state index contributed by atoms with van der Waals surface area (Å²) in [6.07, 6.45) is 1.18. The minimum Gasteiger partial charge on any atom is -0.506 e. The molecule has 1 aromatic carbocycles. The molecular weight excluding hydrogens is 368 g/mol. The summed E-state index contributed by atoms with van der Waals surface area (Å²) >= 11 is 6.26. The van der Waals surface area contributed by atoms with Crippen LogP contribution in [-0.2, 0) is 11.2 Å². The maximum atomic E-state index is 11.9. The SMILES string of the molecule is CCCOC(=O)c1c(O)c(Br)c(O)c(Br)c1CC. The van der Waals surface area contributed by atoms with Crippen molar-refractivity contribution >= 4 is 37.8 Å². The zero-order valence-electron chi connectivity index (χ0n) is 10.1. The van der Waals surface area contributed by atoms with Gasteiger partial charge in [0.25, 0.3) is 0 Å². The van der Waals surface area contributed by atoms with Crippen LogP contribution in [0.3, 0.4) is 0 Å². The van der Waals surface area contributed by atoms with Crippen LogP contribution in [0, 0.1) is 0 Å². The lowest BCUT2D eigenvalue weighted by atomic mass is 10.0. The second kappa shape index (κ2) is 6.43. The van der Waals surface area contributed by atoms with Gasteiger partial charge in [0.15, 0.2) is 0 Å². The molecular formula is C12H14Br2O4. The van der Waals surface area contributed by atoms with Gasteiger partial charge in [0.05, 0.1) is 11.1 Å². The molecule has 0 unspecified atom stereocenters. The minimum atomic E-state index is -0.590. The highest BCUT2D eigenvalue weighted by Gasteiger charge is 2.25. The molecule has 4 nitrogen and oxygen atoms in total. The van der Waals surface area contributed by atoms with Gasteiger partial charge >= 0.3 is 5.97 Å². The molecule has 100 valence electrons. The number of carbonyl (C=O) groups excluding carboxylic acids is 1. The van der Waals surface area contributed by atoms with Crippen LogP contribution in [-0.4, -0.2) is 22.8 Å². The quantitative estimate of drug-likeness (QED) is 0.779. The van der Waals surface area contributed by atoms with Crippen molar-refractivity contribution in [3.63, 3.8) is 0 Å². The number of benzene rings is 1. The molecule has 1 aromatic rings. The Morgan fingerprint density at radius 1 is 1.17 bits per heavy atom. The van der Waals surface area contributed by atoms with Crippen LogP contribution in [0.1, 0.15) is 36.2 Å². The zero-order valence-corrected chi connectivity index (χ0v) is 13.3. The second-order valence-corrected chi connectivity index (χ2v) is 5.25. The maximum absolute atomic E-state index is 11.9. The standard InChI is InChI=1S/C12H14Br2O4/c1-3-5-18-12(17)7-6(4-2)8(13)11(16)9(14)10(7)15/h15-16H,3-5H2,1-2H3. The van der Waals surface area contributed by atoms with E-state index in [1.807, 2.05) is 13.8 Å². The monoisotopic (exact) mass is 380 g/mol. The summed E-state index contributed by atoms with van der Waals surface area (Å²) in [5.41, 5.74) is 0.608. The van der Waals surface area contributed by atoms with Gasteiger partial charge in [-0.25, -0.2) is 4.79 Å². The highest BCUT2D eigenvalue weighted by atomic mass is 79.9. The van der Waals surface area contributed by atoms with Gasteiger partial charge in [-0.3, -0.25) is 0 Å². The number of halogens is 2. The molecule has 6 heteroatoms. The van der Waals surface area contributed by atoms with E-state index in [0.29, 0.717) is 22.9 Å². The Morgan fingerprint density at radius 3 is 2.28 bits per heavy atom. The number of esters is 1. The van der Waals surface area contributed by atoms with Gasteiger partial charge < -0.3 is 14.9 Å². The van der Waals surface area contributed by atoms with E-state index in [1.54, 1.807) is 0 Å². The Bertz CT molecular complexity index is 472. The van der Waals surface area contributed by atoms with Crippen molar-refractivity contribution in [2.24, 2.45) is 0 Å². The lowest BCUT2D eigenvalue weighted by molar-refractivity contribution is 0.0500. The largest absolute Gasteiger partial charge is 0.506 e. The summed E-state index contributed by atoms with van der Waals surface area (Å²) in [5, 5.41) is 19.7. The Labute approximate surface area is 122 Å². The first-order valence-electron chi connectivity index (χ1n) is 5.54. The third-order valence-corrected chi connectivity index (χ3v) is 4.03. The van der Waals surface area contributed by atoms with Crippen molar-refractivity contribution in [2.45, 2.75) is 26.7 Å². The van der Waals surface area contributed by atoms with Crippen LogP contribution in [0.15, 0.2) is 8.95 Å². The first-order chi connectivity index (χ1) is 8.45. The summed E-state index contributed by atoms with van der Waals surface area (Å²) in [5.74, 6) is -1.02. The smallest absolute Gasteiger partial charge is 0.342 e. The lowest BCUT2D eigenvalue weighted by Gasteiger charge is -2.14. The van der Waals surface area contributed by atoms with Gasteiger partial charge in [-0.05, 0) is 50.3 Å². The third kappa shape index (κ3) is 2.80. The summed E-state index contributed by atoms with van der Waals surface area (Å²) in [4.78, 5) is 11.9. The highest BCUT2D eigenvalue weighted by molar-refractivity contribution is 9.11. The van der Waals surface area contributed by atoms with Gasteiger partial charge in [0, 0.05) is 0 Å². The average molecular weight is 382 g/mol. The van der Waals surface area contributed by atoms with Gasteiger partial charge in [-0.2, -0.15) is 0 Å². The summed E-state index contributed by atoms with van der Waals surface area (Å²) in [6.45, 7) is 4.00. The van der Waals surface area contributed by atoms with Crippen LogP contribution in [0.2, 0.25) is 0 Å². The average Bonchev–Trinajstić information content (AvgIpc) is 2.37. The van der Waals surface area contributed by atoms with Crippen molar-refractivity contribution < 1.29 is 19.7 Å². The van der Waals surface area contributed by atoms with Crippen LogP contribution in [0.5, 0.6) is 11.5 Å². The van der Waals surface area contributed by atoms with Crippen molar-refractivity contribution in [3.8, 4) is 11.5 Å². The fraction of sp³-hybridized carbons (Fsp3) is 0.417. The van der Waals surface area contributed by atoms with Gasteiger partial charge in [-0.1, -0.05) is 13.8 Å². The molecule has 0 fully saturated rings. The van der Waals surface area contributed by atoms with E-state index < -0.39 is 5.97 Å². The number of aromatic hydroxyl groups is 2. The number of carbonyl (C=O) groups is 1. The number of rotatable bonds is 4. The number of hydrogen-bond acceptors (Lipinski definition) is 4. The molecule has 0 radical (unpaired) electrons. The molecule has 0 spiro atoms. The van der Waals surface area contributed by atoms with E-state index in [9.17, 15) is 15.0 Å². The Kier molecular flexibility index (Phi) is 5.47. The first-order valence-corrected chi connectivity index (χ1v) is 7.13. The molecule has 0 aliphatic heterocycles. The fourth-order valence-electron chi connectivity index (χ4n) is 1.53. The van der Waals surface area contributed by atoms with Crippen LogP contribution in [0.25, 0.3) is 0 Å². The van der Waals surface area contributed by atoms with E-state index in [0.717, 1.165) is 0 Å².